The molecule has 6 rings (SSSR count). The van der Waals surface area contributed by atoms with E-state index < -0.39 is 33.6 Å². The SMILES string of the molecule is O=C(c1ccc2c(c1)C(NS(=O)(=O)Cc1ccccc1C(F)(F)F)CC2)N1CCC2(CCN(c3ccncc3)CC2)C1. The summed E-state index contributed by atoms with van der Waals surface area (Å²) in [6.07, 6.45) is 3.02. The Kier molecular flexibility index (Phi) is 7.51. The summed E-state index contributed by atoms with van der Waals surface area (Å²) in [5.74, 6) is -0.847. The molecule has 222 valence electrons. The third-order valence-electron chi connectivity index (χ3n) is 9.04. The van der Waals surface area contributed by atoms with Gasteiger partial charge in [0, 0.05) is 55.9 Å². The van der Waals surface area contributed by atoms with Crippen molar-refractivity contribution in [2.45, 2.75) is 50.1 Å². The van der Waals surface area contributed by atoms with Crippen molar-refractivity contribution < 1.29 is 26.4 Å². The van der Waals surface area contributed by atoms with Gasteiger partial charge < -0.3 is 9.80 Å². The Bertz CT molecular complexity index is 1570. The summed E-state index contributed by atoms with van der Waals surface area (Å²) in [6.45, 7) is 3.24. The molecular formula is C31H33F3N4O3S. The van der Waals surface area contributed by atoms with E-state index >= 15 is 0 Å². The van der Waals surface area contributed by atoms with Gasteiger partial charge in [0.15, 0.2) is 0 Å². The number of sulfonamides is 1. The number of carbonyl (C=O) groups excluding carboxylic acids is 1. The lowest BCUT2D eigenvalue weighted by atomic mass is 9.77. The summed E-state index contributed by atoms with van der Waals surface area (Å²) < 4.78 is 68.9. The van der Waals surface area contributed by atoms with Gasteiger partial charge in [0.05, 0.1) is 11.3 Å². The second-order valence-electron chi connectivity index (χ2n) is 11.7. The van der Waals surface area contributed by atoms with E-state index in [1.165, 1.54) is 23.9 Å². The number of rotatable bonds is 6. The van der Waals surface area contributed by atoms with Gasteiger partial charge in [0.25, 0.3) is 5.91 Å². The topological polar surface area (TPSA) is 82.6 Å². The molecule has 2 saturated heterocycles. The first kappa shape index (κ1) is 28.7. The number of likely N-dealkylation sites (tertiary alicyclic amines) is 1. The van der Waals surface area contributed by atoms with Crippen LogP contribution < -0.4 is 9.62 Å². The molecule has 0 bridgehead atoms. The van der Waals surface area contributed by atoms with Crippen molar-refractivity contribution >= 4 is 21.6 Å². The number of carbonyl (C=O) groups is 1. The molecule has 1 aromatic heterocycles. The fourth-order valence-corrected chi connectivity index (χ4v) is 8.16. The maximum atomic E-state index is 13.6. The van der Waals surface area contributed by atoms with E-state index in [9.17, 15) is 26.4 Å². The number of aryl methyl sites for hydroxylation is 1. The number of hydrogen-bond donors (Lipinski definition) is 1. The highest BCUT2D eigenvalue weighted by Crippen LogP contribution is 2.42. The number of nitrogens with one attached hydrogen (secondary N) is 1. The number of anilines is 1. The normalized spacial score (nSPS) is 20.2. The molecule has 0 saturated carbocycles. The summed E-state index contributed by atoms with van der Waals surface area (Å²) in [5.41, 5.74) is 2.17. The van der Waals surface area contributed by atoms with E-state index in [1.807, 2.05) is 23.1 Å². The van der Waals surface area contributed by atoms with Gasteiger partial charge in [-0.25, -0.2) is 13.1 Å². The van der Waals surface area contributed by atoms with Crippen LogP contribution in [0.2, 0.25) is 0 Å². The summed E-state index contributed by atoms with van der Waals surface area (Å²) in [6, 6.07) is 13.6. The van der Waals surface area contributed by atoms with Crippen LogP contribution in [0, 0.1) is 5.41 Å². The van der Waals surface area contributed by atoms with Crippen LogP contribution in [0.5, 0.6) is 0 Å². The smallest absolute Gasteiger partial charge is 0.371 e. The van der Waals surface area contributed by atoms with Gasteiger partial charge >= 0.3 is 6.18 Å². The van der Waals surface area contributed by atoms with E-state index in [0.29, 0.717) is 37.1 Å². The Labute approximate surface area is 243 Å². The third-order valence-corrected chi connectivity index (χ3v) is 10.4. The van der Waals surface area contributed by atoms with Crippen LogP contribution in [0.3, 0.4) is 0 Å². The van der Waals surface area contributed by atoms with Gasteiger partial charge in [-0.15, -0.1) is 0 Å². The van der Waals surface area contributed by atoms with Crippen LogP contribution in [0.4, 0.5) is 18.9 Å². The number of piperidine rings is 1. The van der Waals surface area contributed by atoms with Crippen LogP contribution in [0.1, 0.15) is 64.3 Å². The predicted molar refractivity (Wildman–Crippen MR) is 153 cm³/mol. The molecule has 1 atom stereocenters. The van der Waals surface area contributed by atoms with Crippen molar-refractivity contribution in [2.24, 2.45) is 5.41 Å². The van der Waals surface area contributed by atoms with E-state index in [1.54, 1.807) is 24.5 Å². The number of pyridine rings is 1. The average molecular weight is 599 g/mol. The molecule has 1 unspecified atom stereocenters. The van der Waals surface area contributed by atoms with Gasteiger partial charge in [0.1, 0.15) is 0 Å². The molecule has 42 heavy (non-hydrogen) atoms. The zero-order valence-electron chi connectivity index (χ0n) is 23.1. The first-order valence-corrected chi connectivity index (χ1v) is 15.9. The Morgan fingerprint density at radius 3 is 2.45 bits per heavy atom. The first-order valence-electron chi connectivity index (χ1n) is 14.2. The maximum absolute atomic E-state index is 13.6. The second kappa shape index (κ2) is 11.0. The molecule has 2 aromatic carbocycles. The zero-order chi connectivity index (χ0) is 29.5. The molecule has 3 heterocycles. The van der Waals surface area contributed by atoms with E-state index in [4.69, 9.17) is 0 Å². The third kappa shape index (κ3) is 5.89. The molecule has 2 aliphatic heterocycles. The highest BCUT2D eigenvalue weighted by atomic mass is 32.2. The Balaban J connectivity index is 1.12. The standard InChI is InChI=1S/C31H33F3N4O3S/c32-31(33,34)27-4-2-1-3-24(27)20-42(40,41)36-28-8-7-22-5-6-23(19-26(22)28)29(39)38-18-13-30(21-38)11-16-37(17-12-30)25-9-14-35-15-10-25/h1-6,9-10,14-15,19,28,36H,7-8,11-13,16-18,20-21H2. The lowest BCUT2D eigenvalue weighted by Gasteiger charge is -2.40. The fourth-order valence-electron chi connectivity index (χ4n) is 6.74. The fraction of sp³-hybridized carbons (Fsp3) is 0.419. The molecule has 1 amide bonds. The Morgan fingerprint density at radius 1 is 1.00 bits per heavy atom. The molecule has 3 aromatic rings. The van der Waals surface area contributed by atoms with Gasteiger partial charge in [-0.1, -0.05) is 24.3 Å². The number of halogens is 3. The van der Waals surface area contributed by atoms with Crippen molar-refractivity contribution in [2.75, 3.05) is 31.1 Å². The quantitative estimate of drug-likeness (QED) is 0.414. The molecule has 2 fully saturated rings. The zero-order valence-corrected chi connectivity index (χ0v) is 23.9. The second-order valence-corrected chi connectivity index (χ2v) is 13.5. The van der Waals surface area contributed by atoms with Crippen LogP contribution in [0.25, 0.3) is 0 Å². The minimum atomic E-state index is -4.65. The molecule has 11 heteroatoms. The minimum Gasteiger partial charge on any atom is -0.371 e. The average Bonchev–Trinajstić information content (AvgIpc) is 3.56. The summed E-state index contributed by atoms with van der Waals surface area (Å²) in [5, 5.41) is 0. The van der Waals surface area contributed by atoms with Crippen LogP contribution >= 0.6 is 0 Å². The van der Waals surface area contributed by atoms with E-state index in [-0.39, 0.29) is 16.9 Å². The minimum absolute atomic E-state index is 0.0705. The number of benzene rings is 2. The number of aromatic nitrogens is 1. The largest absolute Gasteiger partial charge is 0.416 e. The van der Waals surface area contributed by atoms with Crippen molar-refractivity contribution in [3.8, 4) is 0 Å². The molecule has 1 N–H and O–H groups in total. The van der Waals surface area contributed by atoms with Crippen molar-refractivity contribution in [1.82, 2.24) is 14.6 Å². The number of fused-ring (bicyclic) bond motifs is 1. The number of amides is 1. The number of nitrogens with zero attached hydrogens (tertiary/aromatic N) is 3. The van der Waals surface area contributed by atoms with Crippen LogP contribution in [-0.4, -0.2) is 50.4 Å². The molecule has 3 aliphatic rings. The lowest BCUT2D eigenvalue weighted by Crippen LogP contribution is -2.42. The van der Waals surface area contributed by atoms with Gasteiger partial charge in [-0.2, -0.15) is 13.2 Å². The van der Waals surface area contributed by atoms with Crippen molar-refractivity contribution in [3.63, 3.8) is 0 Å². The van der Waals surface area contributed by atoms with Crippen LogP contribution in [-0.2, 0) is 28.4 Å². The number of alkyl halides is 3. The number of hydrogen-bond acceptors (Lipinski definition) is 5. The highest BCUT2D eigenvalue weighted by molar-refractivity contribution is 7.88. The monoisotopic (exact) mass is 598 g/mol. The molecule has 1 aliphatic carbocycles. The van der Waals surface area contributed by atoms with Crippen molar-refractivity contribution in [1.29, 1.82) is 0 Å². The Hall–Kier alpha value is -3.44. The Morgan fingerprint density at radius 2 is 1.71 bits per heavy atom. The predicted octanol–water partition coefficient (Wildman–Crippen LogP) is 5.34. The highest BCUT2D eigenvalue weighted by Gasteiger charge is 2.42. The van der Waals surface area contributed by atoms with E-state index in [0.717, 1.165) is 44.0 Å². The summed E-state index contributed by atoms with van der Waals surface area (Å²) in [4.78, 5) is 22.0. The molecule has 7 nitrogen and oxygen atoms in total. The molecule has 1 spiro atoms. The van der Waals surface area contributed by atoms with E-state index in [2.05, 4.69) is 14.6 Å². The lowest BCUT2D eigenvalue weighted by molar-refractivity contribution is -0.138. The molecular weight excluding hydrogens is 565 g/mol. The summed E-state index contributed by atoms with van der Waals surface area (Å²) in [7, 11) is -4.09. The summed E-state index contributed by atoms with van der Waals surface area (Å²) >= 11 is 0. The van der Waals surface area contributed by atoms with Crippen LogP contribution in [0.15, 0.2) is 67.0 Å². The first-order chi connectivity index (χ1) is 20.0. The van der Waals surface area contributed by atoms with Gasteiger partial charge in [-0.3, -0.25) is 9.78 Å². The molecule has 0 radical (unpaired) electrons. The van der Waals surface area contributed by atoms with Crippen molar-refractivity contribution in [3.05, 3.63) is 94.8 Å². The maximum Gasteiger partial charge on any atom is 0.416 e. The van der Waals surface area contributed by atoms with Gasteiger partial charge in [-0.05, 0) is 84.5 Å². The van der Waals surface area contributed by atoms with Gasteiger partial charge in [0.2, 0.25) is 10.0 Å².